The van der Waals surface area contributed by atoms with Crippen LogP contribution in [0, 0.1) is 0 Å². The standard InChI is InChI=1S/C24H31F3N6S/c25-24(26,27)19-6-7-21-22(16-19)29-10-8-23(21)34-15-4-2-1-3-13-33-18-20(30-31-33)17-32-12-5-9-28-11-14-32/h6-8,10,16,18,28H,1-5,9,11-15,17H2. The molecule has 4 rings (SSSR count). The van der Waals surface area contributed by atoms with Crippen LogP contribution in [0.2, 0.25) is 0 Å². The van der Waals surface area contributed by atoms with Gasteiger partial charge in [-0.1, -0.05) is 24.1 Å². The maximum Gasteiger partial charge on any atom is 0.416 e. The third-order valence-corrected chi connectivity index (χ3v) is 7.13. The molecule has 0 unspecified atom stereocenters. The minimum absolute atomic E-state index is 0.388. The van der Waals surface area contributed by atoms with Crippen LogP contribution in [0.5, 0.6) is 0 Å². The molecule has 0 bridgehead atoms. The van der Waals surface area contributed by atoms with Crippen LogP contribution in [0.1, 0.15) is 43.4 Å². The Balaban J connectivity index is 1.15. The van der Waals surface area contributed by atoms with E-state index in [1.54, 1.807) is 18.0 Å². The summed E-state index contributed by atoms with van der Waals surface area (Å²) in [6, 6.07) is 5.67. The average Bonchev–Trinajstić information content (AvgIpc) is 3.10. The topological polar surface area (TPSA) is 58.9 Å². The van der Waals surface area contributed by atoms with Crippen molar-refractivity contribution in [1.29, 1.82) is 0 Å². The number of aromatic nitrogens is 4. The molecule has 0 aliphatic carbocycles. The summed E-state index contributed by atoms with van der Waals surface area (Å²) in [4.78, 5) is 7.52. The second-order valence-corrected chi connectivity index (χ2v) is 9.79. The van der Waals surface area contributed by atoms with Gasteiger partial charge in [0.15, 0.2) is 0 Å². The molecule has 1 saturated heterocycles. The van der Waals surface area contributed by atoms with Crippen LogP contribution in [0.4, 0.5) is 13.2 Å². The molecule has 1 aliphatic rings. The van der Waals surface area contributed by atoms with Gasteiger partial charge in [-0.05, 0) is 56.3 Å². The SMILES string of the molecule is FC(F)(F)c1ccc2c(SCCCCCCn3cc(CN4CCCNCC4)nn3)ccnc2c1. The highest BCUT2D eigenvalue weighted by molar-refractivity contribution is 7.99. The predicted octanol–water partition coefficient (Wildman–Crippen LogP) is 4.99. The number of halogens is 3. The highest BCUT2D eigenvalue weighted by Crippen LogP contribution is 2.34. The Bertz CT molecular complexity index is 1050. The monoisotopic (exact) mass is 492 g/mol. The Morgan fingerprint density at radius 2 is 1.91 bits per heavy atom. The zero-order valence-corrected chi connectivity index (χ0v) is 20.0. The minimum atomic E-state index is -4.35. The molecule has 1 fully saturated rings. The molecule has 3 aromatic rings. The van der Waals surface area contributed by atoms with Gasteiger partial charge in [-0.2, -0.15) is 13.2 Å². The number of hydrogen-bond donors (Lipinski definition) is 1. The van der Waals surface area contributed by atoms with Crippen LogP contribution in [0.15, 0.2) is 41.6 Å². The Kier molecular flexibility index (Phi) is 8.80. The molecule has 2 aromatic heterocycles. The van der Waals surface area contributed by atoms with E-state index in [1.165, 1.54) is 12.5 Å². The van der Waals surface area contributed by atoms with E-state index < -0.39 is 11.7 Å². The van der Waals surface area contributed by atoms with Crippen LogP contribution in [-0.2, 0) is 19.3 Å². The fourth-order valence-electron chi connectivity index (χ4n) is 4.14. The van der Waals surface area contributed by atoms with Crippen LogP contribution < -0.4 is 5.32 Å². The Morgan fingerprint density at radius 3 is 2.79 bits per heavy atom. The summed E-state index contributed by atoms with van der Waals surface area (Å²) in [5, 5.41) is 12.8. The summed E-state index contributed by atoms with van der Waals surface area (Å²) >= 11 is 1.68. The van der Waals surface area contributed by atoms with E-state index in [9.17, 15) is 13.2 Å². The summed E-state index contributed by atoms with van der Waals surface area (Å²) in [5.74, 6) is 0.929. The number of aryl methyl sites for hydroxylation is 1. The largest absolute Gasteiger partial charge is 0.416 e. The van der Waals surface area contributed by atoms with Gasteiger partial charge in [0.05, 0.1) is 16.8 Å². The third-order valence-electron chi connectivity index (χ3n) is 5.97. The second kappa shape index (κ2) is 12.0. The van der Waals surface area contributed by atoms with E-state index in [4.69, 9.17) is 0 Å². The van der Waals surface area contributed by atoms with E-state index in [0.29, 0.717) is 5.52 Å². The van der Waals surface area contributed by atoms with E-state index in [1.807, 2.05) is 10.7 Å². The van der Waals surface area contributed by atoms with Crippen molar-refractivity contribution >= 4 is 22.7 Å². The van der Waals surface area contributed by atoms with Crippen molar-refractivity contribution < 1.29 is 13.2 Å². The first-order chi connectivity index (χ1) is 16.5. The van der Waals surface area contributed by atoms with Crippen molar-refractivity contribution in [2.24, 2.45) is 0 Å². The van der Waals surface area contributed by atoms with Crippen LogP contribution in [0.25, 0.3) is 10.9 Å². The van der Waals surface area contributed by atoms with Gasteiger partial charge in [0.2, 0.25) is 0 Å². The molecular formula is C24H31F3N6S. The summed E-state index contributed by atoms with van der Waals surface area (Å²) in [5.41, 5.74) is 0.762. The van der Waals surface area contributed by atoms with E-state index in [2.05, 4.69) is 31.7 Å². The average molecular weight is 493 g/mol. The molecule has 0 atom stereocenters. The quantitative estimate of drug-likeness (QED) is 0.318. The van der Waals surface area contributed by atoms with E-state index in [0.717, 1.165) is 98.8 Å². The van der Waals surface area contributed by atoms with E-state index >= 15 is 0 Å². The normalized spacial score (nSPS) is 15.6. The lowest BCUT2D eigenvalue weighted by atomic mass is 10.1. The van der Waals surface area contributed by atoms with Crippen molar-refractivity contribution in [3.05, 3.63) is 47.9 Å². The minimum Gasteiger partial charge on any atom is -0.315 e. The number of pyridine rings is 1. The third kappa shape index (κ3) is 7.16. The van der Waals surface area contributed by atoms with Gasteiger partial charge in [-0.15, -0.1) is 16.9 Å². The molecule has 10 heteroatoms. The van der Waals surface area contributed by atoms with Gasteiger partial charge < -0.3 is 5.32 Å². The molecule has 6 nitrogen and oxygen atoms in total. The molecule has 184 valence electrons. The fraction of sp³-hybridized carbons (Fsp3) is 0.542. The first kappa shape index (κ1) is 24.9. The van der Waals surface area contributed by atoms with Crippen molar-refractivity contribution in [2.75, 3.05) is 31.9 Å². The number of benzene rings is 1. The van der Waals surface area contributed by atoms with Crippen LogP contribution in [-0.4, -0.2) is 56.8 Å². The molecule has 0 radical (unpaired) electrons. The number of rotatable bonds is 10. The molecule has 1 aliphatic heterocycles. The predicted molar refractivity (Wildman–Crippen MR) is 129 cm³/mol. The maximum atomic E-state index is 12.9. The fourth-order valence-corrected chi connectivity index (χ4v) is 5.20. The number of nitrogens with one attached hydrogen (secondary N) is 1. The van der Waals surface area contributed by atoms with Crippen molar-refractivity contribution in [3.8, 4) is 0 Å². The number of nitrogens with zero attached hydrogens (tertiary/aromatic N) is 5. The van der Waals surface area contributed by atoms with Gasteiger partial charge in [0.1, 0.15) is 0 Å². The molecule has 0 spiro atoms. The summed E-state index contributed by atoms with van der Waals surface area (Å²) in [7, 11) is 0. The lowest BCUT2D eigenvalue weighted by molar-refractivity contribution is -0.137. The number of hydrogen-bond acceptors (Lipinski definition) is 6. The lowest BCUT2D eigenvalue weighted by Gasteiger charge is -2.17. The van der Waals surface area contributed by atoms with Crippen molar-refractivity contribution in [2.45, 2.75) is 56.3 Å². The summed E-state index contributed by atoms with van der Waals surface area (Å²) in [6.45, 7) is 6.00. The zero-order chi connectivity index (χ0) is 23.8. The van der Waals surface area contributed by atoms with Gasteiger partial charge >= 0.3 is 6.18 Å². The Hall–Kier alpha value is -2.17. The molecular weight excluding hydrogens is 461 g/mol. The maximum absolute atomic E-state index is 12.9. The Morgan fingerprint density at radius 1 is 1.03 bits per heavy atom. The highest BCUT2D eigenvalue weighted by atomic mass is 32.2. The Labute approximate surface area is 202 Å². The van der Waals surface area contributed by atoms with Gasteiger partial charge in [0.25, 0.3) is 0 Å². The zero-order valence-electron chi connectivity index (χ0n) is 19.2. The first-order valence-corrected chi connectivity index (χ1v) is 12.9. The summed E-state index contributed by atoms with van der Waals surface area (Å²) < 4.78 is 40.8. The number of alkyl halides is 3. The number of thioether (sulfide) groups is 1. The van der Waals surface area contributed by atoms with Gasteiger partial charge in [-0.25, -0.2) is 0 Å². The number of unbranched alkanes of at least 4 members (excludes halogenated alkanes) is 3. The summed E-state index contributed by atoms with van der Waals surface area (Å²) in [6.07, 6.45) is 4.80. The molecule has 0 saturated carbocycles. The second-order valence-electron chi connectivity index (χ2n) is 8.65. The smallest absolute Gasteiger partial charge is 0.315 e. The molecule has 0 amide bonds. The highest BCUT2D eigenvalue weighted by Gasteiger charge is 2.30. The molecule has 3 heterocycles. The van der Waals surface area contributed by atoms with Crippen molar-refractivity contribution in [1.82, 2.24) is 30.2 Å². The molecule has 34 heavy (non-hydrogen) atoms. The molecule has 1 N–H and O–H groups in total. The van der Waals surface area contributed by atoms with Gasteiger partial charge in [0, 0.05) is 48.9 Å². The lowest BCUT2D eigenvalue weighted by Crippen LogP contribution is -2.27. The van der Waals surface area contributed by atoms with E-state index in [-0.39, 0.29) is 0 Å². The van der Waals surface area contributed by atoms with Crippen LogP contribution >= 0.6 is 11.8 Å². The first-order valence-electron chi connectivity index (χ1n) is 11.9. The number of fused-ring (bicyclic) bond motifs is 1. The van der Waals surface area contributed by atoms with Gasteiger partial charge in [-0.3, -0.25) is 14.6 Å². The van der Waals surface area contributed by atoms with Crippen molar-refractivity contribution in [3.63, 3.8) is 0 Å². The molecule has 1 aromatic carbocycles. The van der Waals surface area contributed by atoms with Crippen LogP contribution in [0.3, 0.4) is 0 Å².